The SMILES string of the molecule is CC1(C)OB([C@H](CCCc2ccccc2)NC(=O)C(N)Cc2nccs2)OC1(C)C.Cl. The first-order valence-corrected chi connectivity index (χ1v) is 11.4. The fourth-order valence-corrected chi connectivity index (χ4v) is 4.10. The van der Waals surface area contributed by atoms with Crippen LogP contribution in [0.4, 0.5) is 0 Å². The fourth-order valence-electron chi connectivity index (χ4n) is 3.42. The quantitative estimate of drug-likeness (QED) is 0.553. The second kappa shape index (κ2) is 10.9. The van der Waals surface area contributed by atoms with Crippen molar-refractivity contribution in [1.29, 1.82) is 0 Å². The summed E-state index contributed by atoms with van der Waals surface area (Å²) in [4.78, 5) is 17.0. The number of thiazole rings is 1. The van der Waals surface area contributed by atoms with Crippen LogP contribution in [0.15, 0.2) is 41.9 Å². The Balaban J connectivity index is 0.00000341. The second-order valence-corrected chi connectivity index (χ2v) is 9.83. The van der Waals surface area contributed by atoms with E-state index in [4.69, 9.17) is 15.0 Å². The molecule has 6 nitrogen and oxygen atoms in total. The third-order valence-electron chi connectivity index (χ3n) is 5.97. The molecule has 1 aromatic heterocycles. The van der Waals surface area contributed by atoms with Gasteiger partial charge >= 0.3 is 7.12 Å². The molecule has 2 heterocycles. The molecule has 170 valence electrons. The summed E-state index contributed by atoms with van der Waals surface area (Å²) in [6.45, 7) is 8.07. The highest BCUT2D eigenvalue weighted by Crippen LogP contribution is 2.38. The molecule has 1 aromatic carbocycles. The van der Waals surface area contributed by atoms with Crippen LogP contribution in [0.1, 0.15) is 51.1 Å². The van der Waals surface area contributed by atoms with Crippen molar-refractivity contribution in [1.82, 2.24) is 10.3 Å². The minimum Gasteiger partial charge on any atom is -0.402 e. The number of nitrogens with zero attached hydrogens (tertiary/aromatic N) is 1. The lowest BCUT2D eigenvalue weighted by molar-refractivity contribution is -0.122. The Kier molecular flexibility index (Phi) is 9.09. The van der Waals surface area contributed by atoms with Gasteiger partial charge in [-0.15, -0.1) is 23.7 Å². The van der Waals surface area contributed by atoms with E-state index in [1.165, 1.54) is 16.9 Å². The number of aryl methyl sites for hydroxylation is 1. The van der Waals surface area contributed by atoms with Crippen molar-refractivity contribution < 1.29 is 14.1 Å². The first-order valence-electron chi connectivity index (χ1n) is 10.5. The number of nitrogens with two attached hydrogens (primary N) is 1. The molecule has 1 aliphatic heterocycles. The van der Waals surface area contributed by atoms with Gasteiger partial charge in [-0.25, -0.2) is 4.98 Å². The number of nitrogens with one attached hydrogen (secondary N) is 1. The summed E-state index contributed by atoms with van der Waals surface area (Å²) < 4.78 is 12.5. The third-order valence-corrected chi connectivity index (χ3v) is 6.77. The van der Waals surface area contributed by atoms with E-state index in [1.54, 1.807) is 6.20 Å². The number of carbonyl (C=O) groups excluding carboxylic acids is 1. The van der Waals surface area contributed by atoms with Crippen LogP contribution in [0.5, 0.6) is 0 Å². The summed E-state index contributed by atoms with van der Waals surface area (Å²) in [6, 6.07) is 9.68. The maximum absolute atomic E-state index is 12.8. The third kappa shape index (κ3) is 6.77. The van der Waals surface area contributed by atoms with Gasteiger partial charge in [0.15, 0.2) is 0 Å². The lowest BCUT2D eigenvalue weighted by atomic mass is 9.75. The minimum atomic E-state index is -0.657. The maximum Gasteiger partial charge on any atom is 0.481 e. The van der Waals surface area contributed by atoms with Crippen molar-refractivity contribution in [2.24, 2.45) is 5.73 Å². The van der Waals surface area contributed by atoms with E-state index in [-0.39, 0.29) is 24.3 Å². The highest BCUT2D eigenvalue weighted by Gasteiger charge is 2.54. The Hall–Kier alpha value is -1.45. The van der Waals surface area contributed by atoms with Crippen LogP contribution in [0, 0.1) is 0 Å². The van der Waals surface area contributed by atoms with Crippen molar-refractivity contribution in [3.05, 3.63) is 52.5 Å². The zero-order valence-electron chi connectivity index (χ0n) is 18.7. The number of hydrogen-bond donors (Lipinski definition) is 2. The van der Waals surface area contributed by atoms with E-state index in [0.29, 0.717) is 6.42 Å². The zero-order valence-corrected chi connectivity index (χ0v) is 20.3. The van der Waals surface area contributed by atoms with Crippen LogP contribution in [0.25, 0.3) is 0 Å². The van der Waals surface area contributed by atoms with Gasteiger partial charge in [-0.05, 0) is 52.5 Å². The van der Waals surface area contributed by atoms with E-state index in [1.807, 2.05) is 51.3 Å². The minimum absolute atomic E-state index is 0. The molecule has 0 saturated carbocycles. The molecule has 9 heteroatoms. The molecule has 2 atom stereocenters. The molecule has 1 saturated heterocycles. The van der Waals surface area contributed by atoms with Crippen molar-refractivity contribution in [3.8, 4) is 0 Å². The molecule has 31 heavy (non-hydrogen) atoms. The van der Waals surface area contributed by atoms with Crippen LogP contribution in [-0.4, -0.2) is 41.2 Å². The number of amides is 1. The smallest absolute Gasteiger partial charge is 0.402 e. The van der Waals surface area contributed by atoms with Crippen LogP contribution in [0.2, 0.25) is 0 Å². The van der Waals surface area contributed by atoms with Crippen molar-refractivity contribution >= 4 is 36.8 Å². The Morgan fingerprint density at radius 2 is 1.84 bits per heavy atom. The summed E-state index contributed by atoms with van der Waals surface area (Å²) in [6.07, 6.45) is 4.71. The lowest BCUT2D eigenvalue weighted by Gasteiger charge is -2.32. The molecule has 0 aliphatic carbocycles. The highest BCUT2D eigenvalue weighted by molar-refractivity contribution is 7.09. The van der Waals surface area contributed by atoms with E-state index in [2.05, 4.69) is 22.4 Å². The van der Waals surface area contributed by atoms with Crippen molar-refractivity contribution in [2.45, 2.75) is 76.6 Å². The van der Waals surface area contributed by atoms with Gasteiger partial charge in [0.05, 0.1) is 28.2 Å². The van der Waals surface area contributed by atoms with Crippen molar-refractivity contribution in [3.63, 3.8) is 0 Å². The average Bonchev–Trinajstić information content (AvgIpc) is 3.27. The number of halogens is 1. The Morgan fingerprint density at radius 3 is 2.42 bits per heavy atom. The number of carbonyl (C=O) groups is 1. The number of hydrogen-bond acceptors (Lipinski definition) is 6. The normalized spacial score (nSPS) is 18.8. The van der Waals surface area contributed by atoms with Gasteiger partial charge in [0.1, 0.15) is 0 Å². The van der Waals surface area contributed by atoms with Crippen LogP contribution in [0.3, 0.4) is 0 Å². The van der Waals surface area contributed by atoms with E-state index in [9.17, 15) is 4.79 Å². The molecule has 2 aromatic rings. The summed E-state index contributed by atoms with van der Waals surface area (Å²) in [7, 11) is -0.512. The monoisotopic (exact) mass is 465 g/mol. The van der Waals surface area contributed by atoms with Gasteiger partial charge in [0, 0.05) is 18.0 Å². The number of rotatable bonds is 9. The van der Waals surface area contributed by atoms with Crippen molar-refractivity contribution in [2.75, 3.05) is 0 Å². The van der Waals surface area contributed by atoms with Gasteiger partial charge < -0.3 is 20.4 Å². The zero-order chi connectivity index (χ0) is 21.8. The number of aromatic nitrogens is 1. The predicted molar refractivity (Wildman–Crippen MR) is 128 cm³/mol. The van der Waals surface area contributed by atoms with E-state index < -0.39 is 24.4 Å². The molecule has 1 unspecified atom stereocenters. The molecule has 3 rings (SSSR count). The maximum atomic E-state index is 12.8. The van der Waals surface area contributed by atoms with Gasteiger partial charge in [-0.1, -0.05) is 30.3 Å². The van der Waals surface area contributed by atoms with Gasteiger partial charge in [-0.2, -0.15) is 0 Å². The molecule has 1 aliphatic rings. The molecular weight excluding hydrogens is 433 g/mol. The second-order valence-electron chi connectivity index (χ2n) is 8.85. The Bertz CT molecular complexity index is 805. The molecule has 1 amide bonds. The average molecular weight is 466 g/mol. The van der Waals surface area contributed by atoms with Gasteiger partial charge in [0.25, 0.3) is 0 Å². The molecule has 1 fully saturated rings. The topological polar surface area (TPSA) is 86.5 Å². The summed E-state index contributed by atoms with van der Waals surface area (Å²) in [5.74, 6) is -0.478. The Morgan fingerprint density at radius 1 is 1.19 bits per heavy atom. The van der Waals surface area contributed by atoms with Crippen LogP contribution < -0.4 is 11.1 Å². The first-order chi connectivity index (χ1) is 14.2. The van der Waals surface area contributed by atoms with E-state index in [0.717, 1.165) is 24.3 Å². The fraction of sp³-hybridized carbons (Fsp3) is 0.545. The molecule has 0 bridgehead atoms. The molecule has 0 spiro atoms. The van der Waals surface area contributed by atoms with Crippen LogP contribution in [-0.2, 0) is 26.9 Å². The van der Waals surface area contributed by atoms with Gasteiger partial charge in [0.2, 0.25) is 5.91 Å². The standard InChI is InChI=1S/C22H32BN3O3S.ClH/c1-21(2)22(3,4)29-23(28-21)18(12-8-11-16-9-6-5-7-10-16)26-20(27)17(24)15-19-25-13-14-30-19;/h5-7,9-10,13-14,17-18H,8,11-12,15,24H2,1-4H3,(H,26,27);1H/t17?,18-;/m0./s1. The molecule has 0 radical (unpaired) electrons. The largest absolute Gasteiger partial charge is 0.481 e. The number of benzene rings is 1. The first kappa shape index (κ1) is 25.8. The van der Waals surface area contributed by atoms with Crippen LogP contribution >= 0.6 is 23.7 Å². The van der Waals surface area contributed by atoms with E-state index >= 15 is 0 Å². The predicted octanol–water partition coefficient (Wildman–Crippen LogP) is 3.57. The summed E-state index contributed by atoms with van der Waals surface area (Å²) in [5, 5.41) is 5.84. The summed E-state index contributed by atoms with van der Waals surface area (Å²) >= 11 is 1.50. The summed E-state index contributed by atoms with van der Waals surface area (Å²) in [5.41, 5.74) is 6.52. The Labute approximate surface area is 195 Å². The highest BCUT2D eigenvalue weighted by atomic mass is 35.5. The lowest BCUT2D eigenvalue weighted by Crippen LogP contribution is -2.53. The molecule has 3 N–H and O–H groups in total. The molecular formula is C22H33BClN3O3S. The van der Waals surface area contributed by atoms with Gasteiger partial charge in [-0.3, -0.25) is 4.79 Å².